The highest BCUT2D eigenvalue weighted by Gasteiger charge is 2.50. The average molecular weight is 256 g/mol. The van der Waals surface area contributed by atoms with Crippen LogP contribution in [-0.2, 0) is 4.79 Å². The van der Waals surface area contributed by atoms with Gasteiger partial charge in [0.25, 0.3) is 0 Å². The van der Waals surface area contributed by atoms with Crippen LogP contribution in [0.25, 0.3) is 5.69 Å². The molecule has 0 aliphatic heterocycles. The van der Waals surface area contributed by atoms with E-state index in [-0.39, 0.29) is 5.41 Å². The highest BCUT2D eigenvalue weighted by Crippen LogP contribution is 2.51. The van der Waals surface area contributed by atoms with Gasteiger partial charge in [0, 0.05) is 17.8 Å². The molecule has 0 spiro atoms. The van der Waals surface area contributed by atoms with Crippen LogP contribution in [0.4, 0.5) is 0 Å². The van der Waals surface area contributed by atoms with E-state index < -0.39 is 0 Å². The first-order chi connectivity index (χ1) is 9.15. The summed E-state index contributed by atoms with van der Waals surface area (Å²) in [7, 11) is 0. The molecule has 0 amide bonds. The van der Waals surface area contributed by atoms with E-state index in [1.54, 1.807) is 11.0 Å². The van der Waals surface area contributed by atoms with Crippen molar-refractivity contribution in [2.45, 2.75) is 32.6 Å². The average Bonchev–Trinajstić information content (AvgIpc) is 2.98. The Labute approximate surface area is 111 Å². The van der Waals surface area contributed by atoms with E-state index in [0.29, 0.717) is 18.1 Å². The Morgan fingerprint density at radius 3 is 2.95 bits per heavy atom. The summed E-state index contributed by atoms with van der Waals surface area (Å²) in [6.07, 6.45) is 3.10. The van der Waals surface area contributed by atoms with Crippen LogP contribution in [0, 0.1) is 5.41 Å². The molecule has 2 unspecified atom stereocenters. The minimum absolute atomic E-state index is 0.209. The first-order valence-electron chi connectivity index (χ1n) is 6.52. The summed E-state index contributed by atoms with van der Waals surface area (Å²) in [6.45, 7) is 4.14. The van der Waals surface area contributed by atoms with Gasteiger partial charge in [-0.25, -0.2) is 4.68 Å². The Balaban J connectivity index is 1.95. The van der Waals surface area contributed by atoms with Gasteiger partial charge in [-0.1, -0.05) is 26.0 Å². The van der Waals surface area contributed by atoms with Gasteiger partial charge < -0.3 is 0 Å². The molecule has 1 heterocycles. The van der Waals surface area contributed by atoms with Gasteiger partial charge in [-0.2, -0.15) is 0 Å². The van der Waals surface area contributed by atoms with Gasteiger partial charge in [0.1, 0.15) is 12.1 Å². The Morgan fingerprint density at radius 2 is 2.32 bits per heavy atom. The number of tetrazole rings is 1. The van der Waals surface area contributed by atoms with Gasteiger partial charge in [-0.05, 0) is 34.5 Å². The summed E-state index contributed by atoms with van der Waals surface area (Å²) in [5, 5.41) is 11.2. The minimum atomic E-state index is -0.209. The number of carbonyl (C=O) groups is 1. The fourth-order valence-corrected chi connectivity index (χ4v) is 2.80. The summed E-state index contributed by atoms with van der Waals surface area (Å²) in [4.78, 5) is 11.8. The van der Waals surface area contributed by atoms with E-state index in [9.17, 15) is 4.79 Å². The van der Waals surface area contributed by atoms with Gasteiger partial charge >= 0.3 is 0 Å². The zero-order valence-electron chi connectivity index (χ0n) is 11.1. The molecule has 1 saturated carbocycles. The van der Waals surface area contributed by atoms with Gasteiger partial charge in [0.2, 0.25) is 0 Å². The third-order valence-corrected chi connectivity index (χ3v) is 4.42. The minimum Gasteiger partial charge on any atom is -0.299 e. The molecule has 2 atom stereocenters. The first-order valence-corrected chi connectivity index (χ1v) is 6.52. The molecular formula is C14H16N4O. The molecule has 1 fully saturated rings. The van der Waals surface area contributed by atoms with Gasteiger partial charge in [-0.3, -0.25) is 4.79 Å². The van der Waals surface area contributed by atoms with Crippen LogP contribution in [0.5, 0.6) is 0 Å². The lowest BCUT2D eigenvalue weighted by molar-refractivity contribution is -0.139. The number of Topliss-reactive ketones (excluding diaryl/α,β-unsaturated/α-hetero) is 1. The molecule has 5 heteroatoms. The molecule has 98 valence electrons. The van der Waals surface area contributed by atoms with Crippen molar-refractivity contribution in [3.05, 3.63) is 36.2 Å². The van der Waals surface area contributed by atoms with E-state index >= 15 is 0 Å². The normalized spacial score (nSPS) is 26.2. The standard InChI is InChI=1S/C14H16N4O/c1-3-14(2)12(8-13(14)19)10-5-4-6-11(7-10)18-9-15-16-17-18/h4-7,9,12H,3,8H2,1-2H3. The van der Waals surface area contributed by atoms with Crippen molar-refractivity contribution in [1.29, 1.82) is 0 Å². The summed E-state index contributed by atoms with van der Waals surface area (Å²) in [6, 6.07) is 8.11. The molecular weight excluding hydrogens is 240 g/mol. The molecule has 3 rings (SSSR count). The van der Waals surface area contributed by atoms with Crippen molar-refractivity contribution in [2.24, 2.45) is 5.41 Å². The second-order valence-corrected chi connectivity index (χ2v) is 5.30. The van der Waals surface area contributed by atoms with Crippen LogP contribution in [0.15, 0.2) is 30.6 Å². The number of aromatic nitrogens is 4. The Bertz CT molecular complexity index is 608. The summed E-state index contributed by atoms with van der Waals surface area (Å²) >= 11 is 0. The van der Waals surface area contributed by atoms with Crippen molar-refractivity contribution in [3.63, 3.8) is 0 Å². The second-order valence-electron chi connectivity index (χ2n) is 5.30. The van der Waals surface area contributed by atoms with E-state index in [1.165, 1.54) is 5.56 Å². The maximum absolute atomic E-state index is 11.8. The Kier molecular flexibility index (Phi) is 2.69. The fourth-order valence-electron chi connectivity index (χ4n) is 2.80. The van der Waals surface area contributed by atoms with Crippen molar-refractivity contribution in [2.75, 3.05) is 0 Å². The third-order valence-electron chi connectivity index (χ3n) is 4.42. The number of nitrogens with zero attached hydrogens (tertiary/aromatic N) is 4. The Hall–Kier alpha value is -2.04. The number of hydrogen-bond acceptors (Lipinski definition) is 4. The smallest absolute Gasteiger partial charge is 0.143 e. The quantitative estimate of drug-likeness (QED) is 0.844. The lowest BCUT2D eigenvalue weighted by atomic mass is 9.56. The van der Waals surface area contributed by atoms with Gasteiger partial charge in [-0.15, -0.1) is 5.10 Å². The number of hydrogen-bond donors (Lipinski definition) is 0. The topological polar surface area (TPSA) is 60.7 Å². The number of carbonyl (C=O) groups excluding carboxylic acids is 1. The molecule has 1 aromatic carbocycles. The predicted octanol–water partition coefficient (Wildman–Crippen LogP) is 2.13. The molecule has 5 nitrogen and oxygen atoms in total. The first kappa shape index (κ1) is 12.0. The van der Waals surface area contributed by atoms with Crippen LogP contribution in [0.1, 0.15) is 38.2 Å². The van der Waals surface area contributed by atoms with E-state index in [1.807, 2.05) is 12.1 Å². The highest BCUT2D eigenvalue weighted by molar-refractivity contribution is 5.93. The van der Waals surface area contributed by atoms with Crippen molar-refractivity contribution >= 4 is 5.78 Å². The lowest BCUT2D eigenvalue weighted by Crippen LogP contribution is -2.45. The molecule has 0 N–H and O–H groups in total. The van der Waals surface area contributed by atoms with E-state index in [0.717, 1.165) is 12.1 Å². The number of rotatable bonds is 3. The van der Waals surface area contributed by atoms with Crippen molar-refractivity contribution in [3.8, 4) is 5.69 Å². The van der Waals surface area contributed by atoms with Crippen LogP contribution in [0.3, 0.4) is 0 Å². The van der Waals surface area contributed by atoms with Gasteiger partial charge in [0.05, 0.1) is 5.69 Å². The molecule has 0 saturated heterocycles. The molecule has 2 aromatic rings. The largest absolute Gasteiger partial charge is 0.299 e. The Morgan fingerprint density at radius 1 is 1.47 bits per heavy atom. The zero-order valence-corrected chi connectivity index (χ0v) is 11.1. The third kappa shape index (κ3) is 1.77. The second kappa shape index (κ2) is 4.26. The monoisotopic (exact) mass is 256 g/mol. The summed E-state index contributed by atoms with van der Waals surface area (Å²) in [5.41, 5.74) is 1.91. The van der Waals surface area contributed by atoms with Crippen molar-refractivity contribution < 1.29 is 4.79 Å². The van der Waals surface area contributed by atoms with E-state index in [2.05, 4.69) is 41.5 Å². The molecule has 1 aliphatic rings. The summed E-state index contributed by atoms with van der Waals surface area (Å²) < 4.78 is 1.63. The van der Waals surface area contributed by atoms with E-state index in [4.69, 9.17) is 0 Å². The zero-order chi connectivity index (χ0) is 13.5. The molecule has 0 radical (unpaired) electrons. The van der Waals surface area contributed by atoms with Crippen LogP contribution in [0.2, 0.25) is 0 Å². The number of benzene rings is 1. The van der Waals surface area contributed by atoms with Crippen LogP contribution in [-0.4, -0.2) is 26.0 Å². The summed E-state index contributed by atoms with van der Waals surface area (Å²) in [5.74, 6) is 0.675. The SMILES string of the molecule is CCC1(C)C(=O)CC1c1cccc(-n2cnnn2)c1. The van der Waals surface area contributed by atoms with Gasteiger partial charge in [0.15, 0.2) is 0 Å². The van der Waals surface area contributed by atoms with Crippen molar-refractivity contribution in [1.82, 2.24) is 20.2 Å². The fraction of sp³-hybridized carbons (Fsp3) is 0.429. The van der Waals surface area contributed by atoms with Crippen LogP contribution < -0.4 is 0 Å². The molecule has 0 bridgehead atoms. The molecule has 1 aliphatic carbocycles. The van der Waals surface area contributed by atoms with Crippen LogP contribution >= 0.6 is 0 Å². The molecule has 19 heavy (non-hydrogen) atoms. The maximum atomic E-state index is 11.8. The predicted molar refractivity (Wildman–Crippen MR) is 69.9 cm³/mol. The number of ketones is 1. The molecule has 1 aromatic heterocycles. The maximum Gasteiger partial charge on any atom is 0.143 e. The lowest BCUT2D eigenvalue weighted by Gasteiger charge is -2.45. The highest BCUT2D eigenvalue weighted by atomic mass is 16.1.